The van der Waals surface area contributed by atoms with E-state index in [4.69, 9.17) is 0 Å². The molecule has 0 bridgehead atoms. The minimum absolute atomic E-state index is 0.187. The highest BCUT2D eigenvalue weighted by Crippen LogP contribution is 2.25. The highest BCUT2D eigenvalue weighted by molar-refractivity contribution is 7.89. The van der Waals surface area contributed by atoms with E-state index < -0.39 is 10.0 Å². The van der Waals surface area contributed by atoms with E-state index in [9.17, 15) is 8.42 Å². The zero-order valence-electron chi connectivity index (χ0n) is 12.2. The van der Waals surface area contributed by atoms with Crippen LogP contribution in [-0.4, -0.2) is 48.6 Å². The Balaban J connectivity index is 2.06. The molecular formula is C13H24N4O2S. The van der Waals surface area contributed by atoms with Crippen molar-refractivity contribution in [1.82, 2.24) is 19.8 Å². The third-order valence-electron chi connectivity index (χ3n) is 3.97. The fourth-order valence-corrected chi connectivity index (χ4v) is 4.17. The molecule has 6 nitrogen and oxygen atoms in total. The van der Waals surface area contributed by atoms with Gasteiger partial charge in [0.15, 0.2) is 5.03 Å². The number of H-pyrrole nitrogens is 1. The normalized spacial score (nSPS) is 24.9. The Labute approximate surface area is 121 Å². The Morgan fingerprint density at radius 2 is 2.30 bits per heavy atom. The first kappa shape index (κ1) is 15.5. The standard InChI is InChI=1S/C13H24N4O2S/c1-3-7-14-12-6-9-17(10-11(12)4-2)20(18,19)13-5-8-15-16-13/h5,8,11-12,14H,3-4,6-7,9-10H2,1-2H3,(H,15,16). The topological polar surface area (TPSA) is 78.1 Å². The summed E-state index contributed by atoms with van der Waals surface area (Å²) in [4.78, 5) is 0. The van der Waals surface area contributed by atoms with Crippen molar-refractivity contribution in [3.05, 3.63) is 12.3 Å². The van der Waals surface area contributed by atoms with Crippen LogP contribution in [0.4, 0.5) is 0 Å². The SMILES string of the molecule is CCCNC1CCN(S(=O)(=O)c2ccn[nH]2)CC1CC. The van der Waals surface area contributed by atoms with Gasteiger partial charge >= 0.3 is 0 Å². The molecule has 0 aliphatic carbocycles. The molecule has 0 radical (unpaired) electrons. The summed E-state index contributed by atoms with van der Waals surface area (Å²) in [5, 5.41) is 10.0. The third kappa shape index (κ3) is 3.21. The summed E-state index contributed by atoms with van der Waals surface area (Å²) in [6, 6.07) is 1.94. The largest absolute Gasteiger partial charge is 0.314 e. The summed E-state index contributed by atoms with van der Waals surface area (Å²) in [5.74, 6) is 0.369. The average molecular weight is 300 g/mol. The summed E-state index contributed by atoms with van der Waals surface area (Å²) in [6.45, 7) is 6.41. The molecule has 1 aromatic rings. The predicted molar refractivity (Wildman–Crippen MR) is 77.8 cm³/mol. The highest BCUT2D eigenvalue weighted by Gasteiger charge is 2.34. The van der Waals surface area contributed by atoms with Crippen LogP contribution in [0.3, 0.4) is 0 Å². The van der Waals surface area contributed by atoms with Gasteiger partial charge in [-0.05, 0) is 31.4 Å². The average Bonchev–Trinajstić information content (AvgIpc) is 2.99. The van der Waals surface area contributed by atoms with E-state index in [2.05, 4.69) is 29.4 Å². The maximum Gasteiger partial charge on any atom is 0.259 e. The lowest BCUT2D eigenvalue weighted by atomic mass is 9.91. The summed E-state index contributed by atoms with van der Waals surface area (Å²) in [6.07, 6.45) is 4.42. The lowest BCUT2D eigenvalue weighted by molar-refractivity contribution is 0.202. The molecule has 114 valence electrons. The summed E-state index contributed by atoms with van der Waals surface area (Å²) in [5.41, 5.74) is 0. The van der Waals surface area contributed by atoms with Crippen LogP contribution in [0.5, 0.6) is 0 Å². The Hall–Kier alpha value is -0.920. The number of aromatic nitrogens is 2. The predicted octanol–water partition coefficient (Wildman–Crippen LogP) is 1.20. The van der Waals surface area contributed by atoms with E-state index >= 15 is 0 Å². The monoisotopic (exact) mass is 300 g/mol. The molecule has 1 aliphatic rings. The molecule has 0 amide bonds. The highest BCUT2D eigenvalue weighted by atomic mass is 32.2. The number of piperidine rings is 1. The van der Waals surface area contributed by atoms with E-state index in [1.807, 2.05) is 0 Å². The van der Waals surface area contributed by atoms with E-state index in [0.29, 0.717) is 25.0 Å². The molecule has 0 spiro atoms. The van der Waals surface area contributed by atoms with Gasteiger partial charge < -0.3 is 5.32 Å². The maximum absolute atomic E-state index is 12.5. The Morgan fingerprint density at radius 1 is 1.50 bits per heavy atom. The number of rotatable bonds is 6. The lowest BCUT2D eigenvalue weighted by Gasteiger charge is -2.37. The summed E-state index contributed by atoms with van der Waals surface area (Å²) >= 11 is 0. The van der Waals surface area contributed by atoms with Crippen LogP contribution in [-0.2, 0) is 10.0 Å². The van der Waals surface area contributed by atoms with E-state index in [1.54, 1.807) is 4.31 Å². The Morgan fingerprint density at radius 3 is 2.90 bits per heavy atom. The maximum atomic E-state index is 12.5. The van der Waals surface area contributed by atoms with Gasteiger partial charge in [0.1, 0.15) is 0 Å². The second-order valence-corrected chi connectivity index (χ2v) is 7.21. The van der Waals surface area contributed by atoms with Gasteiger partial charge in [-0.1, -0.05) is 20.3 Å². The van der Waals surface area contributed by atoms with Gasteiger partial charge in [-0.3, -0.25) is 5.10 Å². The molecule has 2 N–H and O–H groups in total. The first-order chi connectivity index (χ1) is 9.59. The lowest BCUT2D eigenvalue weighted by Crippen LogP contribution is -2.51. The van der Waals surface area contributed by atoms with Gasteiger partial charge in [0.05, 0.1) is 6.20 Å². The minimum Gasteiger partial charge on any atom is -0.314 e. The molecule has 2 atom stereocenters. The summed E-state index contributed by atoms with van der Waals surface area (Å²) < 4.78 is 26.5. The first-order valence-corrected chi connectivity index (χ1v) is 8.76. The van der Waals surface area contributed by atoms with Gasteiger partial charge in [0.25, 0.3) is 10.0 Å². The minimum atomic E-state index is -3.42. The van der Waals surface area contributed by atoms with Crippen LogP contribution in [0.15, 0.2) is 17.3 Å². The van der Waals surface area contributed by atoms with Crippen molar-refractivity contribution < 1.29 is 8.42 Å². The number of nitrogens with one attached hydrogen (secondary N) is 2. The molecule has 2 heterocycles. The molecule has 2 unspecified atom stereocenters. The van der Waals surface area contributed by atoms with Gasteiger partial charge in [-0.2, -0.15) is 9.40 Å². The van der Waals surface area contributed by atoms with Gasteiger partial charge in [-0.25, -0.2) is 8.42 Å². The van der Waals surface area contributed by atoms with Crippen LogP contribution in [0, 0.1) is 5.92 Å². The fourth-order valence-electron chi connectivity index (χ4n) is 2.76. The molecule has 7 heteroatoms. The number of sulfonamides is 1. The quantitative estimate of drug-likeness (QED) is 0.827. The number of hydrogen-bond acceptors (Lipinski definition) is 4. The number of hydrogen-bond donors (Lipinski definition) is 2. The van der Waals surface area contributed by atoms with Crippen LogP contribution in [0.25, 0.3) is 0 Å². The second kappa shape index (κ2) is 6.69. The molecule has 2 rings (SSSR count). The molecule has 1 fully saturated rings. The van der Waals surface area contributed by atoms with Crippen molar-refractivity contribution in [2.45, 2.75) is 44.2 Å². The van der Waals surface area contributed by atoms with Gasteiger partial charge in [0.2, 0.25) is 0 Å². The zero-order chi connectivity index (χ0) is 14.6. The van der Waals surface area contributed by atoms with E-state index in [1.165, 1.54) is 12.3 Å². The van der Waals surface area contributed by atoms with Crippen molar-refractivity contribution in [3.63, 3.8) is 0 Å². The summed E-state index contributed by atoms with van der Waals surface area (Å²) in [7, 11) is -3.42. The van der Waals surface area contributed by atoms with Crippen LogP contribution in [0.1, 0.15) is 33.1 Å². The number of nitrogens with zero attached hydrogens (tertiary/aromatic N) is 2. The van der Waals surface area contributed by atoms with E-state index in [-0.39, 0.29) is 5.03 Å². The third-order valence-corrected chi connectivity index (χ3v) is 5.77. The smallest absolute Gasteiger partial charge is 0.259 e. The molecule has 20 heavy (non-hydrogen) atoms. The van der Waals surface area contributed by atoms with Crippen molar-refractivity contribution in [2.24, 2.45) is 5.92 Å². The van der Waals surface area contributed by atoms with Crippen LogP contribution < -0.4 is 5.32 Å². The Kier molecular flexibility index (Phi) is 5.17. The van der Waals surface area contributed by atoms with Crippen LogP contribution in [0.2, 0.25) is 0 Å². The van der Waals surface area contributed by atoms with Gasteiger partial charge in [-0.15, -0.1) is 0 Å². The molecule has 0 saturated carbocycles. The molecule has 1 aliphatic heterocycles. The van der Waals surface area contributed by atoms with Gasteiger partial charge in [0, 0.05) is 19.1 Å². The zero-order valence-corrected chi connectivity index (χ0v) is 13.0. The van der Waals surface area contributed by atoms with Crippen molar-refractivity contribution in [3.8, 4) is 0 Å². The molecule has 1 aromatic heterocycles. The van der Waals surface area contributed by atoms with E-state index in [0.717, 1.165) is 25.8 Å². The molecule has 1 saturated heterocycles. The Bertz CT molecular complexity index is 500. The number of aromatic amines is 1. The van der Waals surface area contributed by atoms with Crippen LogP contribution >= 0.6 is 0 Å². The second-order valence-electron chi connectivity index (χ2n) is 5.30. The van der Waals surface area contributed by atoms with Crippen molar-refractivity contribution in [2.75, 3.05) is 19.6 Å². The van der Waals surface area contributed by atoms with Crippen molar-refractivity contribution >= 4 is 10.0 Å². The first-order valence-electron chi connectivity index (χ1n) is 7.32. The fraction of sp³-hybridized carbons (Fsp3) is 0.769. The van der Waals surface area contributed by atoms with Crippen molar-refractivity contribution in [1.29, 1.82) is 0 Å². The molecule has 0 aromatic carbocycles. The molecular weight excluding hydrogens is 276 g/mol.